The first kappa shape index (κ1) is 17.5. The molecule has 2 aromatic rings. The van der Waals surface area contributed by atoms with Crippen LogP contribution in [0.5, 0.6) is 11.5 Å². The van der Waals surface area contributed by atoms with Gasteiger partial charge in [-0.1, -0.05) is 6.07 Å². The van der Waals surface area contributed by atoms with Crippen LogP contribution >= 0.6 is 0 Å². The minimum absolute atomic E-state index is 0.0116. The Bertz CT molecular complexity index is 918. The standard InChI is InChI=1S/C22H21F2NO3/c23-15-2-5-18(19(24)12-15)14-9-16-3-4-17(10-14)25(16)22(26)13-1-6-20-21(11-13)28-8-7-27-20/h1-2,5-6,11-12,14,16-17H,3-4,7-10H2. The smallest absolute Gasteiger partial charge is 0.254 e. The van der Waals surface area contributed by atoms with E-state index in [1.54, 1.807) is 24.3 Å². The lowest BCUT2D eigenvalue weighted by Gasteiger charge is -2.39. The van der Waals surface area contributed by atoms with Crippen LogP contribution in [-0.2, 0) is 0 Å². The Morgan fingerprint density at radius 3 is 2.36 bits per heavy atom. The molecular formula is C22H21F2NO3. The Labute approximate surface area is 162 Å². The van der Waals surface area contributed by atoms with Gasteiger partial charge in [-0.3, -0.25) is 4.79 Å². The molecule has 28 heavy (non-hydrogen) atoms. The number of halogens is 2. The van der Waals surface area contributed by atoms with Crippen molar-refractivity contribution in [3.05, 3.63) is 59.2 Å². The molecule has 3 heterocycles. The highest BCUT2D eigenvalue weighted by Crippen LogP contribution is 2.44. The van der Waals surface area contributed by atoms with Crippen molar-refractivity contribution < 1.29 is 23.0 Å². The molecule has 2 unspecified atom stereocenters. The molecule has 0 radical (unpaired) electrons. The zero-order valence-corrected chi connectivity index (χ0v) is 15.4. The van der Waals surface area contributed by atoms with Gasteiger partial charge >= 0.3 is 0 Å². The lowest BCUT2D eigenvalue weighted by atomic mass is 9.84. The summed E-state index contributed by atoms with van der Waals surface area (Å²) in [7, 11) is 0. The number of carbonyl (C=O) groups is 1. The first-order chi connectivity index (χ1) is 13.6. The van der Waals surface area contributed by atoms with Crippen molar-refractivity contribution in [1.29, 1.82) is 0 Å². The summed E-state index contributed by atoms with van der Waals surface area (Å²) in [5.74, 6) is 0.223. The van der Waals surface area contributed by atoms with Crippen molar-refractivity contribution in [2.75, 3.05) is 13.2 Å². The second kappa shape index (κ2) is 6.76. The Hall–Kier alpha value is -2.63. The average molecular weight is 385 g/mol. The van der Waals surface area contributed by atoms with E-state index in [4.69, 9.17) is 9.47 Å². The molecule has 0 aliphatic carbocycles. The van der Waals surface area contributed by atoms with Crippen LogP contribution < -0.4 is 9.47 Å². The molecule has 2 bridgehead atoms. The maximum absolute atomic E-state index is 14.2. The highest BCUT2D eigenvalue weighted by atomic mass is 19.1. The number of hydrogen-bond donors (Lipinski definition) is 0. The van der Waals surface area contributed by atoms with Gasteiger partial charge < -0.3 is 14.4 Å². The predicted octanol–water partition coefficient (Wildman–Crippen LogP) is 4.29. The molecule has 0 aromatic heterocycles. The summed E-state index contributed by atoms with van der Waals surface area (Å²) in [6.45, 7) is 0.989. The van der Waals surface area contributed by atoms with Crippen molar-refractivity contribution in [3.8, 4) is 11.5 Å². The highest BCUT2D eigenvalue weighted by Gasteiger charge is 2.44. The Balaban J connectivity index is 1.37. The monoisotopic (exact) mass is 385 g/mol. The number of piperidine rings is 1. The van der Waals surface area contributed by atoms with Crippen molar-refractivity contribution >= 4 is 5.91 Å². The fraction of sp³-hybridized carbons (Fsp3) is 0.409. The number of hydrogen-bond acceptors (Lipinski definition) is 3. The van der Waals surface area contributed by atoms with E-state index in [9.17, 15) is 13.6 Å². The maximum Gasteiger partial charge on any atom is 0.254 e. The van der Waals surface area contributed by atoms with Crippen LogP contribution in [0.4, 0.5) is 8.78 Å². The summed E-state index contributed by atoms with van der Waals surface area (Å²) < 4.78 is 38.6. The van der Waals surface area contributed by atoms with E-state index in [1.165, 1.54) is 6.07 Å². The van der Waals surface area contributed by atoms with Crippen LogP contribution in [-0.4, -0.2) is 36.1 Å². The molecule has 5 rings (SSSR count). The van der Waals surface area contributed by atoms with Crippen LogP contribution in [0.15, 0.2) is 36.4 Å². The van der Waals surface area contributed by atoms with Crippen LogP contribution in [0, 0.1) is 11.6 Å². The quantitative estimate of drug-likeness (QED) is 0.774. The predicted molar refractivity (Wildman–Crippen MR) is 98.7 cm³/mol. The number of carbonyl (C=O) groups excluding carboxylic acids is 1. The molecule has 2 aromatic carbocycles. The summed E-state index contributed by atoms with van der Waals surface area (Å²) in [5, 5.41) is 0. The first-order valence-corrected chi connectivity index (χ1v) is 9.77. The second-order valence-electron chi connectivity index (χ2n) is 7.79. The molecule has 3 aliphatic heterocycles. The van der Waals surface area contributed by atoms with E-state index >= 15 is 0 Å². The zero-order valence-electron chi connectivity index (χ0n) is 15.4. The van der Waals surface area contributed by atoms with Crippen LogP contribution in [0.1, 0.15) is 47.5 Å². The van der Waals surface area contributed by atoms with E-state index in [0.717, 1.165) is 18.9 Å². The minimum Gasteiger partial charge on any atom is -0.486 e. The number of rotatable bonds is 2. The minimum atomic E-state index is -0.560. The highest BCUT2D eigenvalue weighted by molar-refractivity contribution is 5.95. The van der Waals surface area contributed by atoms with Gasteiger partial charge in [0.25, 0.3) is 5.91 Å². The van der Waals surface area contributed by atoms with E-state index in [0.29, 0.717) is 48.7 Å². The second-order valence-corrected chi connectivity index (χ2v) is 7.79. The van der Waals surface area contributed by atoms with Gasteiger partial charge in [0.05, 0.1) is 0 Å². The van der Waals surface area contributed by atoms with Crippen molar-refractivity contribution in [2.45, 2.75) is 43.7 Å². The zero-order chi connectivity index (χ0) is 19.3. The molecule has 3 aliphatic rings. The lowest BCUT2D eigenvalue weighted by Crippen LogP contribution is -2.46. The lowest BCUT2D eigenvalue weighted by molar-refractivity contribution is 0.0569. The Morgan fingerprint density at radius 1 is 0.929 bits per heavy atom. The number of ether oxygens (including phenoxy) is 2. The van der Waals surface area contributed by atoms with Gasteiger partial charge in [-0.2, -0.15) is 0 Å². The van der Waals surface area contributed by atoms with Crippen LogP contribution in [0.3, 0.4) is 0 Å². The summed E-state index contributed by atoms with van der Waals surface area (Å²) in [4.78, 5) is 15.2. The molecule has 0 saturated carbocycles. The number of fused-ring (bicyclic) bond motifs is 3. The van der Waals surface area contributed by atoms with E-state index in [2.05, 4.69) is 0 Å². The molecule has 6 heteroatoms. The molecule has 0 N–H and O–H groups in total. The molecular weight excluding hydrogens is 364 g/mol. The van der Waals surface area contributed by atoms with Crippen molar-refractivity contribution in [3.63, 3.8) is 0 Å². The maximum atomic E-state index is 14.2. The summed E-state index contributed by atoms with van der Waals surface area (Å²) in [6.07, 6.45) is 3.24. The van der Waals surface area contributed by atoms with Gasteiger partial charge in [-0.25, -0.2) is 8.78 Å². The number of nitrogens with zero attached hydrogens (tertiary/aromatic N) is 1. The van der Waals surface area contributed by atoms with E-state index < -0.39 is 11.6 Å². The largest absolute Gasteiger partial charge is 0.486 e. The summed E-state index contributed by atoms with van der Waals surface area (Å²) in [5.41, 5.74) is 1.15. The Morgan fingerprint density at radius 2 is 1.64 bits per heavy atom. The van der Waals surface area contributed by atoms with Crippen molar-refractivity contribution in [2.24, 2.45) is 0 Å². The molecule has 4 nitrogen and oxygen atoms in total. The Kier molecular flexibility index (Phi) is 4.22. The van der Waals surface area contributed by atoms with Crippen molar-refractivity contribution in [1.82, 2.24) is 4.90 Å². The normalized spacial score (nSPS) is 25.6. The van der Waals surface area contributed by atoms with E-state index in [-0.39, 0.29) is 23.9 Å². The van der Waals surface area contributed by atoms with Crippen LogP contribution in [0.2, 0.25) is 0 Å². The van der Waals surface area contributed by atoms with Gasteiger partial charge in [-0.05, 0) is 61.4 Å². The average Bonchev–Trinajstić information content (AvgIpc) is 2.96. The first-order valence-electron chi connectivity index (χ1n) is 9.77. The van der Waals surface area contributed by atoms with Gasteiger partial charge in [-0.15, -0.1) is 0 Å². The molecule has 2 fully saturated rings. The molecule has 1 amide bonds. The summed E-state index contributed by atoms with van der Waals surface area (Å²) >= 11 is 0. The third-order valence-electron chi connectivity index (χ3n) is 6.16. The number of amides is 1. The molecule has 2 saturated heterocycles. The van der Waals surface area contributed by atoms with Gasteiger partial charge in [0, 0.05) is 23.7 Å². The fourth-order valence-electron chi connectivity index (χ4n) is 4.92. The van der Waals surface area contributed by atoms with Crippen LogP contribution in [0.25, 0.3) is 0 Å². The third-order valence-corrected chi connectivity index (χ3v) is 6.16. The molecule has 2 atom stereocenters. The molecule has 146 valence electrons. The molecule has 0 spiro atoms. The SMILES string of the molecule is O=C(c1ccc2c(c1)OCCO2)N1C2CCC1CC(c1ccc(F)cc1F)C2. The van der Waals surface area contributed by atoms with Gasteiger partial charge in [0.1, 0.15) is 24.8 Å². The third kappa shape index (κ3) is 2.91. The topological polar surface area (TPSA) is 38.8 Å². The van der Waals surface area contributed by atoms with Gasteiger partial charge in [0.15, 0.2) is 11.5 Å². The summed E-state index contributed by atoms with van der Waals surface area (Å²) in [6, 6.07) is 9.28. The van der Waals surface area contributed by atoms with E-state index in [1.807, 2.05) is 4.90 Å². The number of benzene rings is 2. The van der Waals surface area contributed by atoms with Gasteiger partial charge in [0.2, 0.25) is 0 Å². The fourth-order valence-corrected chi connectivity index (χ4v) is 4.92.